The molecule has 0 unspecified atom stereocenters. The van der Waals surface area contributed by atoms with E-state index in [0.717, 1.165) is 0 Å². The monoisotopic (exact) mass is 266 g/mol. The van der Waals surface area contributed by atoms with E-state index in [1.807, 2.05) is 6.92 Å². The maximum Gasteiger partial charge on any atom is 0.239 e. The Morgan fingerprint density at radius 3 is 2.53 bits per heavy atom. The van der Waals surface area contributed by atoms with Crippen LogP contribution in [0.4, 0.5) is 4.39 Å². The summed E-state index contributed by atoms with van der Waals surface area (Å²) in [5.41, 5.74) is 0.349. The smallest absolute Gasteiger partial charge is 0.239 e. The average molecular weight is 266 g/mol. The summed E-state index contributed by atoms with van der Waals surface area (Å²) < 4.78 is 13.5. The van der Waals surface area contributed by atoms with E-state index in [1.54, 1.807) is 25.1 Å². The maximum atomic E-state index is 13.5. The summed E-state index contributed by atoms with van der Waals surface area (Å²) in [5, 5.41) is 2.63. The zero-order valence-corrected chi connectivity index (χ0v) is 11.3. The molecule has 0 spiro atoms. The molecule has 4 nitrogen and oxygen atoms in total. The van der Waals surface area contributed by atoms with Gasteiger partial charge in [0.25, 0.3) is 0 Å². The normalized spacial score (nSPS) is 10.1. The van der Waals surface area contributed by atoms with E-state index in [-0.39, 0.29) is 24.8 Å². The van der Waals surface area contributed by atoms with E-state index in [1.165, 1.54) is 11.0 Å². The molecule has 5 heteroatoms. The lowest BCUT2D eigenvalue weighted by molar-refractivity contribution is -0.135. The Kier molecular flexibility index (Phi) is 5.99. The van der Waals surface area contributed by atoms with Crippen LogP contribution in [0.2, 0.25) is 0 Å². The molecule has 0 aromatic heterocycles. The molecular formula is C14H19FN2O2. The molecule has 0 radical (unpaired) electrons. The van der Waals surface area contributed by atoms with Gasteiger partial charge in [0.05, 0.1) is 13.0 Å². The van der Waals surface area contributed by atoms with Gasteiger partial charge in [-0.25, -0.2) is 4.39 Å². The number of likely N-dealkylation sites (N-methyl/N-ethyl adjacent to an activating group) is 2. The molecule has 1 rings (SSSR count). The molecule has 0 aliphatic rings. The van der Waals surface area contributed by atoms with Crippen LogP contribution in [0, 0.1) is 5.82 Å². The molecule has 0 bridgehead atoms. The molecule has 0 fully saturated rings. The van der Waals surface area contributed by atoms with Crippen molar-refractivity contribution in [3.8, 4) is 0 Å². The Morgan fingerprint density at radius 1 is 1.26 bits per heavy atom. The van der Waals surface area contributed by atoms with Crippen molar-refractivity contribution in [2.24, 2.45) is 0 Å². The van der Waals surface area contributed by atoms with Crippen LogP contribution in [-0.4, -0.2) is 36.3 Å². The Balaban J connectivity index is 2.64. The first-order chi connectivity index (χ1) is 9.08. The van der Waals surface area contributed by atoms with Gasteiger partial charge in [0, 0.05) is 13.1 Å². The second kappa shape index (κ2) is 7.51. The number of carbonyl (C=O) groups excluding carboxylic acids is 2. The molecule has 0 saturated heterocycles. The third kappa shape index (κ3) is 4.69. The molecule has 0 atom stereocenters. The van der Waals surface area contributed by atoms with Crippen LogP contribution in [0.25, 0.3) is 0 Å². The zero-order valence-electron chi connectivity index (χ0n) is 11.3. The number of hydrogen-bond acceptors (Lipinski definition) is 2. The van der Waals surface area contributed by atoms with Crippen molar-refractivity contribution in [3.05, 3.63) is 35.6 Å². The van der Waals surface area contributed by atoms with E-state index >= 15 is 0 Å². The van der Waals surface area contributed by atoms with E-state index < -0.39 is 5.82 Å². The molecule has 104 valence electrons. The van der Waals surface area contributed by atoms with Gasteiger partial charge in [0.2, 0.25) is 11.8 Å². The Hall–Kier alpha value is -1.91. The van der Waals surface area contributed by atoms with Crippen LogP contribution in [0.15, 0.2) is 24.3 Å². The highest BCUT2D eigenvalue weighted by atomic mass is 19.1. The number of hydrogen-bond donors (Lipinski definition) is 1. The third-order valence-corrected chi connectivity index (χ3v) is 2.74. The van der Waals surface area contributed by atoms with Crippen molar-refractivity contribution < 1.29 is 14.0 Å². The predicted octanol–water partition coefficient (Wildman–Crippen LogP) is 1.35. The molecule has 19 heavy (non-hydrogen) atoms. The van der Waals surface area contributed by atoms with Crippen LogP contribution in [-0.2, 0) is 16.0 Å². The highest BCUT2D eigenvalue weighted by Crippen LogP contribution is 2.08. The van der Waals surface area contributed by atoms with Crippen molar-refractivity contribution in [2.45, 2.75) is 20.3 Å². The van der Waals surface area contributed by atoms with Crippen molar-refractivity contribution in [2.75, 3.05) is 19.6 Å². The topological polar surface area (TPSA) is 49.4 Å². The number of rotatable bonds is 6. The molecular weight excluding hydrogens is 247 g/mol. The number of benzene rings is 1. The van der Waals surface area contributed by atoms with E-state index in [0.29, 0.717) is 18.7 Å². The first kappa shape index (κ1) is 15.1. The van der Waals surface area contributed by atoms with Gasteiger partial charge in [-0.05, 0) is 25.5 Å². The Morgan fingerprint density at radius 2 is 1.95 bits per heavy atom. The lowest BCUT2D eigenvalue weighted by atomic mass is 10.1. The minimum absolute atomic E-state index is 0.0115. The summed E-state index contributed by atoms with van der Waals surface area (Å²) in [7, 11) is 0. The van der Waals surface area contributed by atoms with Gasteiger partial charge in [-0.2, -0.15) is 0 Å². The number of halogens is 1. The molecule has 1 aromatic carbocycles. The van der Waals surface area contributed by atoms with E-state index in [9.17, 15) is 14.0 Å². The van der Waals surface area contributed by atoms with Crippen LogP contribution in [0.3, 0.4) is 0 Å². The van der Waals surface area contributed by atoms with E-state index in [2.05, 4.69) is 5.32 Å². The molecule has 0 saturated carbocycles. The van der Waals surface area contributed by atoms with Gasteiger partial charge < -0.3 is 10.2 Å². The zero-order chi connectivity index (χ0) is 14.3. The van der Waals surface area contributed by atoms with Crippen molar-refractivity contribution in [3.63, 3.8) is 0 Å². The first-order valence-electron chi connectivity index (χ1n) is 6.36. The van der Waals surface area contributed by atoms with Gasteiger partial charge in [-0.3, -0.25) is 9.59 Å². The van der Waals surface area contributed by atoms with Gasteiger partial charge in [-0.1, -0.05) is 18.2 Å². The summed E-state index contributed by atoms with van der Waals surface area (Å²) in [6.07, 6.45) is -0.0279. The number of carbonyl (C=O) groups is 2. The Bertz CT molecular complexity index is 449. The standard InChI is InChI=1S/C14H19FN2O2/c1-3-16-13(18)10-17(4-2)14(19)9-11-7-5-6-8-12(11)15/h5-8H,3-4,9-10H2,1-2H3,(H,16,18). The number of amides is 2. The van der Waals surface area contributed by atoms with Crippen molar-refractivity contribution in [1.29, 1.82) is 0 Å². The first-order valence-corrected chi connectivity index (χ1v) is 6.36. The number of nitrogens with zero attached hydrogens (tertiary/aromatic N) is 1. The lowest BCUT2D eigenvalue weighted by Gasteiger charge is -2.20. The minimum Gasteiger partial charge on any atom is -0.355 e. The van der Waals surface area contributed by atoms with Gasteiger partial charge in [0.1, 0.15) is 5.82 Å². The molecule has 1 N–H and O–H groups in total. The summed E-state index contributed by atoms with van der Waals surface area (Å²) in [6, 6.07) is 6.16. The summed E-state index contributed by atoms with van der Waals surface area (Å²) >= 11 is 0. The van der Waals surface area contributed by atoms with Crippen molar-refractivity contribution in [1.82, 2.24) is 10.2 Å². The van der Waals surface area contributed by atoms with Gasteiger partial charge in [0.15, 0.2) is 0 Å². The average Bonchev–Trinajstić information content (AvgIpc) is 2.39. The van der Waals surface area contributed by atoms with Gasteiger partial charge in [-0.15, -0.1) is 0 Å². The largest absolute Gasteiger partial charge is 0.355 e. The van der Waals surface area contributed by atoms with Crippen LogP contribution in [0.5, 0.6) is 0 Å². The van der Waals surface area contributed by atoms with Crippen LogP contribution < -0.4 is 5.32 Å². The quantitative estimate of drug-likeness (QED) is 0.845. The second-order valence-corrected chi connectivity index (χ2v) is 4.13. The lowest BCUT2D eigenvalue weighted by Crippen LogP contribution is -2.41. The third-order valence-electron chi connectivity index (χ3n) is 2.74. The molecule has 0 aliphatic carbocycles. The second-order valence-electron chi connectivity index (χ2n) is 4.13. The molecule has 1 aromatic rings. The number of nitrogens with one attached hydrogen (secondary N) is 1. The fourth-order valence-corrected chi connectivity index (χ4v) is 1.72. The summed E-state index contributed by atoms with van der Waals surface area (Å²) in [6.45, 7) is 4.56. The van der Waals surface area contributed by atoms with Crippen LogP contribution >= 0.6 is 0 Å². The fraction of sp³-hybridized carbons (Fsp3) is 0.429. The molecule has 0 aliphatic heterocycles. The maximum absolute atomic E-state index is 13.5. The predicted molar refractivity (Wildman–Crippen MR) is 71.0 cm³/mol. The summed E-state index contributed by atoms with van der Waals surface area (Å²) in [4.78, 5) is 24.9. The minimum atomic E-state index is -0.398. The Labute approximate surface area is 112 Å². The fourth-order valence-electron chi connectivity index (χ4n) is 1.72. The van der Waals surface area contributed by atoms with E-state index in [4.69, 9.17) is 0 Å². The highest BCUT2D eigenvalue weighted by Gasteiger charge is 2.16. The molecule has 2 amide bonds. The summed E-state index contributed by atoms with van der Waals surface area (Å²) in [5.74, 6) is -0.852. The SMILES string of the molecule is CCNC(=O)CN(CC)C(=O)Cc1ccccc1F. The van der Waals surface area contributed by atoms with Crippen LogP contribution in [0.1, 0.15) is 19.4 Å². The highest BCUT2D eigenvalue weighted by molar-refractivity contribution is 5.85. The van der Waals surface area contributed by atoms with Gasteiger partial charge >= 0.3 is 0 Å². The van der Waals surface area contributed by atoms with Crippen molar-refractivity contribution >= 4 is 11.8 Å². The molecule has 0 heterocycles.